The number of nitrogens with zero attached hydrogens (tertiary/aromatic N) is 1. The molecule has 5 nitrogen and oxygen atoms in total. The molecule has 6 heteroatoms. The maximum absolute atomic E-state index is 12.3. The topological polar surface area (TPSA) is 72.2 Å². The summed E-state index contributed by atoms with van der Waals surface area (Å²) in [5.41, 5.74) is 2.63. The van der Waals surface area contributed by atoms with E-state index < -0.39 is 16.0 Å². The molecule has 124 valence electrons. The minimum atomic E-state index is -1.33. The fraction of sp³-hybridized carbons (Fsp3) is 0.412. The summed E-state index contributed by atoms with van der Waals surface area (Å²) in [4.78, 5) is 16.2. The maximum atomic E-state index is 12.3. The highest BCUT2D eigenvalue weighted by Crippen LogP contribution is 2.20. The van der Waals surface area contributed by atoms with E-state index >= 15 is 0 Å². The summed E-state index contributed by atoms with van der Waals surface area (Å²) in [5.74, 6) is 0.517. The van der Waals surface area contributed by atoms with E-state index in [1.54, 1.807) is 6.92 Å². The summed E-state index contributed by atoms with van der Waals surface area (Å²) in [5, 5.41) is 2.19. The quantitative estimate of drug-likeness (QED) is 0.845. The SMILES string of the molecule is CCCNC(=O)[C@H](C)[S@@](=O)Cc1coc(-c2ccc(C)cc2)n1. The van der Waals surface area contributed by atoms with Crippen LogP contribution in [0.25, 0.3) is 11.5 Å². The Balaban J connectivity index is 1.99. The predicted octanol–water partition coefficient (Wildman–Crippen LogP) is 2.81. The number of nitrogens with one attached hydrogen (secondary N) is 1. The molecule has 0 spiro atoms. The highest BCUT2D eigenvalue weighted by molar-refractivity contribution is 7.85. The Labute approximate surface area is 139 Å². The van der Waals surface area contributed by atoms with Crippen LogP contribution in [0.3, 0.4) is 0 Å². The molecule has 1 aromatic carbocycles. The van der Waals surface area contributed by atoms with Crippen LogP contribution in [0.2, 0.25) is 0 Å². The molecular formula is C17H22N2O3S. The van der Waals surface area contributed by atoms with Gasteiger partial charge in [-0.1, -0.05) is 24.6 Å². The van der Waals surface area contributed by atoms with Gasteiger partial charge < -0.3 is 9.73 Å². The van der Waals surface area contributed by atoms with Crippen molar-refractivity contribution >= 4 is 16.7 Å². The molecule has 0 fully saturated rings. The van der Waals surface area contributed by atoms with E-state index in [0.29, 0.717) is 18.1 Å². The molecule has 1 amide bonds. The van der Waals surface area contributed by atoms with E-state index in [4.69, 9.17) is 4.42 Å². The molecule has 0 bridgehead atoms. The van der Waals surface area contributed by atoms with Crippen molar-refractivity contribution in [2.24, 2.45) is 0 Å². The Bertz CT molecular complexity index is 679. The average Bonchev–Trinajstić information content (AvgIpc) is 3.00. The van der Waals surface area contributed by atoms with Crippen molar-refractivity contribution in [1.29, 1.82) is 0 Å². The van der Waals surface area contributed by atoms with Gasteiger partial charge in [0.25, 0.3) is 0 Å². The maximum Gasteiger partial charge on any atom is 0.235 e. The summed E-state index contributed by atoms with van der Waals surface area (Å²) >= 11 is 0. The molecular weight excluding hydrogens is 312 g/mol. The molecule has 23 heavy (non-hydrogen) atoms. The minimum Gasteiger partial charge on any atom is -0.444 e. The van der Waals surface area contributed by atoms with Crippen LogP contribution in [-0.4, -0.2) is 26.9 Å². The Kier molecular flexibility index (Phi) is 6.10. The first-order valence-corrected chi connectivity index (χ1v) is 9.05. The average molecular weight is 334 g/mol. The molecule has 1 heterocycles. The van der Waals surface area contributed by atoms with Crippen molar-refractivity contribution in [3.05, 3.63) is 41.8 Å². The number of carbonyl (C=O) groups excluding carboxylic acids is 1. The number of oxazole rings is 1. The van der Waals surface area contributed by atoms with Gasteiger partial charge in [-0.2, -0.15) is 0 Å². The van der Waals surface area contributed by atoms with Crippen LogP contribution in [0.4, 0.5) is 0 Å². The van der Waals surface area contributed by atoms with Crippen molar-refractivity contribution in [2.45, 2.75) is 38.2 Å². The number of rotatable bonds is 7. The van der Waals surface area contributed by atoms with Crippen molar-refractivity contribution in [1.82, 2.24) is 10.3 Å². The van der Waals surface area contributed by atoms with Gasteiger partial charge in [0.05, 0.1) is 11.4 Å². The monoisotopic (exact) mass is 334 g/mol. The van der Waals surface area contributed by atoms with Gasteiger partial charge in [-0.3, -0.25) is 9.00 Å². The van der Waals surface area contributed by atoms with E-state index in [2.05, 4.69) is 10.3 Å². The van der Waals surface area contributed by atoms with Crippen molar-refractivity contribution in [3.8, 4) is 11.5 Å². The van der Waals surface area contributed by atoms with E-state index in [0.717, 1.165) is 17.5 Å². The molecule has 0 saturated carbocycles. The van der Waals surface area contributed by atoms with Gasteiger partial charge in [0.2, 0.25) is 11.8 Å². The van der Waals surface area contributed by atoms with E-state index in [-0.39, 0.29) is 11.7 Å². The third kappa shape index (κ3) is 4.76. The summed E-state index contributed by atoms with van der Waals surface area (Å²) < 4.78 is 17.7. The number of hydrogen-bond acceptors (Lipinski definition) is 4. The first kappa shape index (κ1) is 17.4. The summed E-state index contributed by atoms with van der Waals surface area (Å²) in [6.45, 7) is 6.26. The lowest BCUT2D eigenvalue weighted by atomic mass is 10.1. The number of amides is 1. The van der Waals surface area contributed by atoms with Gasteiger partial charge in [0.15, 0.2) is 0 Å². The number of aryl methyl sites for hydroxylation is 1. The first-order valence-electron chi connectivity index (χ1n) is 7.67. The lowest BCUT2D eigenvalue weighted by molar-refractivity contribution is -0.120. The second-order valence-corrected chi connectivity index (χ2v) is 7.23. The molecule has 0 radical (unpaired) electrons. The van der Waals surface area contributed by atoms with Gasteiger partial charge in [0.1, 0.15) is 11.5 Å². The van der Waals surface area contributed by atoms with Crippen LogP contribution in [0, 0.1) is 6.92 Å². The summed E-state index contributed by atoms with van der Waals surface area (Å²) in [6, 6.07) is 7.83. The molecule has 1 N–H and O–H groups in total. The van der Waals surface area contributed by atoms with Crippen molar-refractivity contribution in [3.63, 3.8) is 0 Å². The van der Waals surface area contributed by atoms with Crippen molar-refractivity contribution in [2.75, 3.05) is 6.54 Å². The van der Waals surface area contributed by atoms with Gasteiger partial charge in [0, 0.05) is 22.9 Å². The molecule has 2 aromatic rings. The second kappa shape index (κ2) is 8.06. The van der Waals surface area contributed by atoms with Gasteiger partial charge in [-0.25, -0.2) is 4.98 Å². The van der Waals surface area contributed by atoms with E-state index in [1.165, 1.54) is 6.26 Å². The zero-order valence-electron chi connectivity index (χ0n) is 13.7. The molecule has 0 aliphatic carbocycles. The normalized spacial score (nSPS) is 13.5. The zero-order valence-corrected chi connectivity index (χ0v) is 14.5. The first-order chi connectivity index (χ1) is 11.0. The highest BCUT2D eigenvalue weighted by atomic mass is 32.2. The van der Waals surface area contributed by atoms with Crippen LogP contribution in [0.15, 0.2) is 34.9 Å². The molecule has 2 atom stereocenters. The lowest BCUT2D eigenvalue weighted by Gasteiger charge is -2.10. The number of benzene rings is 1. The molecule has 1 aromatic heterocycles. The Hall–Kier alpha value is -1.95. The minimum absolute atomic E-state index is 0.188. The van der Waals surface area contributed by atoms with Crippen LogP contribution < -0.4 is 5.32 Å². The fourth-order valence-electron chi connectivity index (χ4n) is 1.98. The number of carbonyl (C=O) groups is 1. The molecule has 0 saturated heterocycles. The smallest absolute Gasteiger partial charge is 0.235 e. The largest absolute Gasteiger partial charge is 0.444 e. The Morgan fingerprint density at radius 2 is 2.04 bits per heavy atom. The Morgan fingerprint density at radius 3 is 2.70 bits per heavy atom. The standard InChI is InChI=1S/C17H22N2O3S/c1-4-9-18-16(20)13(3)23(21)11-15-10-22-17(19-15)14-7-5-12(2)6-8-14/h5-8,10,13H,4,9,11H2,1-3H3,(H,18,20)/t13-,23-/m0/s1. The van der Waals surface area contributed by atoms with Gasteiger partial charge in [-0.05, 0) is 32.4 Å². The van der Waals surface area contributed by atoms with Gasteiger partial charge >= 0.3 is 0 Å². The molecule has 0 aliphatic rings. The predicted molar refractivity (Wildman–Crippen MR) is 91.3 cm³/mol. The lowest BCUT2D eigenvalue weighted by Crippen LogP contribution is -2.36. The van der Waals surface area contributed by atoms with Crippen LogP contribution in [0.5, 0.6) is 0 Å². The van der Waals surface area contributed by atoms with Crippen LogP contribution in [-0.2, 0) is 21.3 Å². The third-order valence-corrected chi connectivity index (χ3v) is 5.04. The van der Waals surface area contributed by atoms with Crippen LogP contribution >= 0.6 is 0 Å². The van der Waals surface area contributed by atoms with Gasteiger partial charge in [-0.15, -0.1) is 0 Å². The Morgan fingerprint density at radius 1 is 1.35 bits per heavy atom. The molecule has 0 unspecified atom stereocenters. The number of hydrogen-bond donors (Lipinski definition) is 1. The zero-order chi connectivity index (χ0) is 16.8. The summed E-state index contributed by atoms with van der Waals surface area (Å²) in [6.07, 6.45) is 2.36. The molecule has 0 aliphatic heterocycles. The number of aromatic nitrogens is 1. The third-order valence-electron chi connectivity index (χ3n) is 3.45. The highest BCUT2D eigenvalue weighted by Gasteiger charge is 2.21. The molecule has 2 rings (SSSR count). The fourth-order valence-corrected chi connectivity index (χ4v) is 2.98. The van der Waals surface area contributed by atoms with E-state index in [9.17, 15) is 9.00 Å². The van der Waals surface area contributed by atoms with Crippen LogP contribution in [0.1, 0.15) is 31.5 Å². The van der Waals surface area contributed by atoms with E-state index in [1.807, 2.05) is 38.1 Å². The van der Waals surface area contributed by atoms with Crippen molar-refractivity contribution < 1.29 is 13.4 Å². The second-order valence-electron chi connectivity index (χ2n) is 5.47. The summed E-state index contributed by atoms with van der Waals surface area (Å²) in [7, 11) is -1.33.